The monoisotopic (exact) mass is 663 g/mol. The molecule has 3 amide bonds. The summed E-state index contributed by atoms with van der Waals surface area (Å²) in [7, 11) is 0. The molecular weight excluding hydrogens is 622 g/mol. The fourth-order valence-electron chi connectivity index (χ4n) is 7.34. The Labute approximate surface area is 280 Å². The first kappa shape index (κ1) is 34.3. The summed E-state index contributed by atoms with van der Waals surface area (Å²) in [6.07, 6.45) is 4.56. The van der Waals surface area contributed by atoms with Gasteiger partial charge >= 0.3 is 5.97 Å². The van der Waals surface area contributed by atoms with Crippen LogP contribution in [0.5, 0.6) is 0 Å². The lowest BCUT2D eigenvalue weighted by molar-refractivity contribution is -0.146. The van der Waals surface area contributed by atoms with E-state index >= 15 is 0 Å². The quantitative estimate of drug-likeness (QED) is 0.214. The number of carbonyl (C=O) groups excluding carboxylic acids is 4. The molecule has 2 aromatic rings. The highest BCUT2D eigenvalue weighted by molar-refractivity contribution is 6.30. The molecule has 2 bridgehead atoms. The SMILES string of the molecule is C=CCCC(=O)OC[C@H](NC(=O)[C@@H]1[C@@H]2CC[C@]3(O2)[C@H](C(=O)N(CC=C)c2ccc(Cl)cc2)N([C@@H](CC)CO)C(=O)[C@@H]13)c1ccccc1. The van der Waals surface area contributed by atoms with Gasteiger partial charge in [0.1, 0.15) is 18.2 Å². The minimum absolute atomic E-state index is 0.0962. The summed E-state index contributed by atoms with van der Waals surface area (Å²) in [6, 6.07) is 13.6. The van der Waals surface area contributed by atoms with E-state index in [-0.39, 0.29) is 32.1 Å². The zero-order chi connectivity index (χ0) is 33.7. The van der Waals surface area contributed by atoms with Crippen LogP contribution in [0.1, 0.15) is 50.6 Å². The lowest BCUT2D eigenvalue weighted by Crippen LogP contribution is -2.59. The van der Waals surface area contributed by atoms with Crippen molar-refractivity contribution in [1.29, 1.82) is 0 Å². The van der Waals surface area contributed by atoms with Gasteiger partial charge in [0.2, 0.25) is 11.8 Å². The number of aliphatic hydroxyl groups is 1. The van der Waals surface area contributed by atoms with Crippen molar-refractivity contribution in [1.82, 2.24) is 10.2 Å². The average Bonchev–Trinajstić information content (AvgIpc) is 3.73. The maximum atomic E-state index is 14.6. The second-order valence-corrected chi connectivity index (χ2v) is 12.7. The Morgan fingerprint density at radius 2 is 1.89 bits per heavy atom. The number of allylic oxidation sites excluding steroid dienone is 1. The molecule has 0 unspecified atom stereocenters. The Hall–Kier alpha value is -3.99. The topological polar surface area (TPSA) is 125 Å². The highest BCUT2D eigenvalue weighted by Crippen LogP contribution is 2.59. The summed E-state index contributed by atoms with van der Waals surface area (Å²) >= 11 is 6.13. The molecule has 0 aliphatic carbocycles. The number of hydrogen-bond acceptors (Lipinski definition) is 7. The van der Waals surface area contributed by atoms with E-state index in [0.29, 0.717) is 36.4 Å². The van der Waals surface area contributed by atoms with Crippen molar-refractivity contribution in [3.05, 3.63) is 90.5 Å². The first-order chi connectivity index (χ1) is 22.7. The number of amides is 3. The molecule has 2 N–H and O–H groups in total. The average molecular weight is 664 g/mol. The molecule has 3 saturated heterocycles. The number of hydrogen-bond donors (Lipinski definition) is 2. The zero-order valence-electron chi connectivity index (χ0n) is 26.6. The van der Waals surface area contributed by atoms with Gasteiger partial charge in [0.15, 0.2) is 0 Å². The van der Waals surface area contributed by atoms with Crippen molar-refractivity contribution in [2.75, 3.05) is 24.7 Å². The highest BCUT2D eigenvalue weighted by atomic mass is 35.5. The maximum Gasteiger partial charge on any atom is 0.306 e. The molecule has 5 rings (SSSR count). The van der Waals surface area contributed by atoms with Crippen LogP contribution in [0, 0.1) is 11.8 Å². The number of esters is 1. The number of aliphatic hydroxyl groups excluding tert-OH is 1. The third-order valence-electron chi connectivity index (χ3n) is 9.55. The van der Waals surface area contributed by atoms with Crippen LogP contribution in [0.15, 0.2) is 79.9 Å². The molecule has 47 heavy (non-hydrogen) atoms. The van der Waals surface area contributed by atoms with Gasteiger partial charge in [-0.2, -0.15) is 0 Å². The molecule has 0 aromatic heterocycles. The van der Waals surface area contributed by atoms with Crippen LogP contribution in [0.3, 0.4) is 0 Å². The zero-order valence-corrected chi connectivity index (χ0v) is 27.3. The van der Waals surface area contributed by atoms with Crippen LogP contribution >= 0.6 is 11.6 Å². The Morgan fingerprint density at radius 1 is 1.17 bits per heavy atom. The number of fused-ring (bicyclic) bond motifs is 1. The van der Waals surface area contributed by atoms with Gasteiger partial charge in [-0.3, -0.25) is 19.2 Å². The predicted octanol–water partition coefficient (Wildman–Crippen LogP) is 4.37. The van der Waals surface area contributed by atoms with Gasteiger partial charge < -0.3 is 29.7 Å². The van der Waals surface area contributed by atoms with Crippen molar-refractivity contribution in [2.45, 2.75) is 68.9 Å². The number of anilines is 1. The van der Waals surface area contributed by atoms with E-state index in [1.54, 1.807) is 36.4 Å². The van der Waals surface area contributed by atoms with Crippen molar-refractivity contribution >= 4 is 41.0 Å². The van der Waals surface area contributed by atoms with Crippen LogP contribution in [0.2, 0.25) is 5.02 Å². The first-order valence-corrected chi connectivity index (χ1v) is 16.5. The third-order valence-corrected chi connectivity index (χ3v) is 9.80. The van der Waals surface area contributed by atoms with Crippen LogP contribution in [0.25, 0.3) is 0 Å². The number of nitrogens with zero attached hydrogens (tertiary/aromatic N) is 2. The molecule has 3 fully saturated rings. The van der Waals surface area contributed by atoms with E-state index in [1.807, 2.05) is 37.3 Å². The minimum atomic E-state index is -1.27. The molecule has 7 atom stereocenters. The van der Waals surface area contributed by atoms with Gasteiger partial charge in [0.05, 0.1) is 36.6 Å². The second kappa shape index (κ2) is 14.8. The van der Waals surface area contributed by atoms with Crippen LogP contribution < -0.4 is 10.2 Å². The summed E-state index contributed by atoms with van der Waals surface area (Å²) in [5.74, 6) is -3.45. The third kappa shape index (κ3) is 6.59. The summed E-state index contributed by atoms with van der Waals surface area (Å²) in [5.41, 5.74) is 0.0333. The molecule has 3 aliphatic heterocycles. The Balaban J connectivity index is 1.47. The highest BCUT2D eigenvalue weighted by Gasteiger charge is 2.75. The molecule has 2 aromatic carbocycles. The van der Waals surface area contributed by atoms with E-state index < -0.39 is 59.5 Å². The number of benzene rings is 2. The normalized spacial score (nSPS) is 25.5. The Morgan fingerprint density at radius 3 is 2.53 bits per heavy atom. The summed E-state index contributed by atoms with van der Waals surface area (Å²) in [6.45, 7) is 9.02. The van der Waals surface area contributed by atoms with E-state index in [2.05, 4.69) is 18.5 Å². The van der Waals surface area contributed by atoms with E-state index in [0.717, 1.165) is 5.56 Å². The molecule has 250 valence electrons. The molecule has 0 saturated carbocycles. The van der Waals surface area contributed by atoms with Gasteiger partial charge in [-0.05, 0) is 55.5 Å². The number of nitrogens with one attached hydrogen (secondary N) is 1. The molecule has 1 spiro atoms. The Kier molecular flexibility index (Phi) is 10.8. The van der Waals surface area contributed by atoms with Crippen molar-refractivity contribution in [3.63, 3.8) is 0 Å². The van der Waals surface area contributed by atoms with Gasteiger partial charge in [-0.15, -0.1) is 13.2 Å². The maximum absolute atomic E-state index is 14.6. The molecule has 3 heterocycles. The van der Waals surface area contributed by atoms with Gasteiger partial charge in [-0.25, -0.2) is 0 Å². The van der Waals surface area contributed by atoms with Gasteiger partial charge in [-0.1, -0.05) is 61.0 Å². The van der Waals surface area contributed by atoms with E-state index in [9.17, 15) is 24.3 Å². The predicted molar refractivity (Wildman–Crippen MR) is 177 cm³/mol. The van der Waals surface area contributed by atoms with E-state index in [4.69, 9.17) is 21.1 Å². The number of halogens is 1. The standard InChI is InChI=1S/C36H42ClN3O7/c1-4-7-13-29(42)46-22-27(23-11-9-8-10-12-23)38-33(43)30-28-18-19-36(47-28)31(30)34(44)40(25(6-3)21-41)32(36)35(45)39(20-5-2)26-16-14-24(37)15-17-26/h4-5,8-12,14-17,25,27-28,30-32,41H,1-2,6-7,13,18-22H2,3H3,(H,38,43)/t25-,27-,28-,30+,31+,32-,36+/m0/s1. The molecule has 11 heteroatoms. The van der Waals surface area contributed by atoms with Gasteiger partial charge in [0.25, 0.3) is 5.91 Å². The van der Waals surface area contributed by atoms with Gasteiger partial charge in [0, 0.05) is 23.7 Å². The Bertz CT molecular complexity index is 1480. The number of rotatable bonds is 15. The molecule has 10 nitrogen and oxygen atoms in total. The van der Waals surface area contributed by atoms with Crippen LogP contribution in [-0.2, 0) is 28.7 Å². The van der Waals surface area contributed by atoms with Crippen LogP contribution in [0.4, 0.5) is 5.69 Å². The number of ether oxygens (including phenoxy) is 2. The lowest BCUT2D eigenvalue weighted by Gasteiger charge is -2.39. The second-order valence-electron chi connectivity index (χ2n) is 12.2. The summed E-state index contributed by atoms with van der Waals surface area (Å²) in [5, 5.41) is 13.9. The smallest absolute Gasteiger partial charge is 0.306 e. The first-order valence-electron chi connectivity index (χ1n) is 16.1. The van der Waals surface area contributed by atoms with Crippen molar-refractivity contribution < 1.29 is 33.8 Å². The molecule has 3 aliphatic rings. The van der Waals surface area contributed by atoms with Crippen molar-refractivity contribution in [2.24, 2.45) is 11.8 Å². The fourth-order valence-corrected chi connectivity index (χ4v) is 7.47. The van der Waals surface area contributed by atoms with E-state index in [1.165, 1.54) is 9.80 Å². The minimum Gasteiger partial charge on any atom is -0.463 e. The lowest BCUT2D eigenvalue weighted by atomic mass is 9.70. The number of carbonyl (C=O) groups is 4. The largest absolute Gasteiger partial charge is 0.463 e. The molecule has 0 radical (unpaired) electrons. The van der Waals surface area contributed by atoms with Crippen LogP contribution in [-0.4, -0.2) is 77.2 Å². The molecular formula is C36H42ClN3O7. The summed E-state index contributed by atoms with van der Waals surface area (Å²) < 4.78 is 12.1. The van der Waals surface area contributed by atoms with Crippen molar-refractivity contribution in [3.8, 4) is 0 Å². The fraction of sp³-hybridized carbons (Fsp3) is 0.444. The number of likely N-dealkylation sites (tertiary alicyclic amines) is 1. The summed E-state index contributed by atoms with van der Waals surface area (Å²) in [4.78, 5) is 58.6.